The minimum atomic E-state index is -3.64. The number of hydrogen-bond acceptors (Lipinski definition) is 5. The Hall–Kier alpha value is -2.74. The molecule has 2 aromatic rings. The van der Waals surface area contributed by atoms with Crippen molar-refractivity contribution in [2.45, 2.75) is 26.8 Å². The van der Waals surface area contributed by atoms with Gasteiger partial charge >= 0.3 is 0 Å². The first kappa shape index (κ1) is 22.5. The van der Waals surface area contributed by atoms with Gasteiger partial charge in [-0.25, -0.2) is 8.42 Å². The second-order valence-electron chi connectivity index (χ2n) is 6.49. The van der Waals surface area contributed by atoms with Gasteiger partial charge in [-0.3, -0.25) is 9.10 Å². The number of carbonyl (C=O) groups excluding carboxylic acids is 1. The summed E-state index contributed by atoms with van der Waals surface area (Å²) in [7, 11) is -3.64. The van der Waals surface area contributed by atoms with Crippen LogP contribution in [0.15, 0.2) is 48.5 Å². The molecule has 0 aliphatic heterocycles. The molecule has 2 aromatic carbocycles. The molecule has 1 N–H and O–H groups in total. The molecule has 0 aliphatic rings. The second kappa shape index (κ2) is 10.2. The molecule has 0 fully saturated rings. The van der Waals surface area contributed by atoms with Crippen molar-refractivity contribution in [2.75, 3.05) is 30.3 Å². The number of benzene rings is 2. The molecule has 1 amide bonds. The lowest BCUT2D eigenvalue weighted by Gasteiger charge is -2.23. The smallest absolute Gasteiger partial charge is 0.241 e. The predicted molar refractivity (Wildman–Crippen MR) is 114 cm³/mol. The van der Waals surface area contributed by atoms with Gasteiger partial charge in [0.05, 0.1) is 31.2 Å². The lowest BCUT2D eigenvalue weighted by Crippen LogP contribution is -2.41. The first-order chi connectivity index (χ1) is 13.7. The highest BCUT2D eigenvalue weighted by molar-refractivity contribution is 7.92. The molecule has 7 nitrogen and oxygen atoms in total. The highest BCUT2D eigenvalue weighted by Gasteiger charge is 2.22. The van der Waals surface area contributed by atoms with E-state index in [1.165, 1.54) is 0 Å². The van der Waals surface area contributed by atoms with Gasteiger partial charge < -0.3 is 14.8 Å². The quantitative estimate of drug-likeness (QED) is 0.638. The standard InChI is InChI=1S/C21H28N2O5S/c1-5-27-19-11-7-17(8-12-19)16(3)22-21(24)15-23(29(4,25)26)18-9-13-20(14-10-18)28-6-2/h7-14,16H,5-6,15H2,1-4H3,(H,22,24)/t16-/m0/s1. The van der Waals surface area contributed by atoms with Gasteiger partial charge in [0.15, 0.2) is 0 Å². The predicted octanol–water partition coefficient (Wildman–Crippen LogP) is 3.13. The molecule has 0 aromatic heterocycles. The number of nitrogens with zero attached hydrogens (tertiary/aromatic N) is 1. The molecule has 1 atom stereocenters. The number of sulfonamides is 1. The third-order valence-corrected chi connectivity index (χ3v) is 5.33. The lowest BCUT2D eigenvalue weighted by atomic mass is 10.1. The van der Waals surface area contributed by atoms with Crippen LogP contribution in [0.25, 0.3) is 0 Å². The van der Waals surface area contributed by atoms with Crippen molar-refractivity contribution in [3.63, 3.8) is 0 Å². The van der Waals surface area contributed by atoms with Crippen LogP contribution in [0.4, 0.5) is 5.69 Å². The third kappa shape index (κ3) is 6.67. The Morgan fingerprint density at radius 1 is 0.966 bits per heavy atom. The van der Waals surface area contributed by atoms with E-state index in [9.17, 15) is 13.2 Å². The van der Waals surface area contributed by atoms with Crippen LogP contribution >= 0.6 is 0 Å². The van der Waals surface area contributed by atoms with Crippen LogP contribution in [0.2, 0.25) is 0 Å². The Kier molecular flexibility index (Phi) is 7.90. The van der Waals surface area contributed by atoms with Gasteiger partial charge in [-0.1, -0.05) is 12.1 Å². The molecule has 0 radical (unpaired) electrons. The molecule has 8 heteroatoms. The number of anilines is 1. The van der Waals surface area contributed by atoms with Crippen LogP contribution in [0.1, 0.15) is 32.4 Å². The van der Waals surface area contributed by atoms with E-state index in [2.05, 4.69) is 5.32 Å². The van der Waals surface area contributed by atoms with Crippen LogP contribution in [0, 0.1) is 0 Å². The number of nitrogens with one attached hydrogen (secondary N) is 1. The summed E-state index contributed by atoms with van der Waals surface area (Å²) in [5.41, 5.74) is 1.30. The van der Waals surface area contributed by atoms with Crippen molar-refractivity contribution in [1.29, 1.82) is 0 Å². The van der Waals surface area contributed by atoms with Crippen molar-refractivity contribution in [1.82, 2.24) is 5.32 Å². The molecule has 158 valence electrons. The van der Waals surface area contributed by atoms with Crippen LogP contribution < -0.4 is 19.1 Å². The van der Waals surface area contributed by atoms with E-state index in [1.54, 1.807) is 24.3 Å². The maximum absolute atomic E-state index is 12.5. The second-order valence-corrected chi connectivity index (χ2v) is 8.39. The summed E-state index contributed by atoms with van der Waals surface area (Å²) >= 11 is 0. The first-order valence-corrected chi connectivity index (χ1v) is 11.3. The number of ether oxygens (including phenoxy) is 2. The largest absolute Gasteiger partial charge is 0.494 e. The van der Waals surface area contributed by atoms with Gasteiger partial charge in [-0.15, -0.1) is 0 Å². The highest BCUT2D eigenvalue weighted by atomic mass is 32.2. The minimum absolute atomic E-state index is 0.278. The Morgan fingerprint density at radius 3 is 1.90 bits per heavy atom. The van der Waals surface area contributed by atoms with E-state index in [4.69, 9.17) is 9.47 Å². The molecule has 0 bridgehead atoms. The van der Waals surface area contributed by atoms with E-state index in [1.807, 2.05) is 45.0 Å². The molecule has 0 saturated carbocycles. The summed E-state index contributed by atoms with van der Waals surface area (Å²) in [5, 5.41) is 2.84. The fourth-order valence-corrected chi connectivity index (χ4v) is 3.65. The van der Waals surface area contributed by atoms with Gasteiger partial charge in [-0.05, 0) is 62.7 Å². The first-order valence-electron chi connectivity index (χ1n) is 9.47. The Balaban J connectivity index is 2.07. The zero-order valence-corrected chi connectivity index (χ0v) is 18.0. The molecule has 2 rings (SSSR count). The van der Waals surface area contributed by atoms with Crippen molar-refractivity contribution in [3.8, 4) is 11.5 Å². The van der Waals surface area contributed by atoms with Crippen LogP contribution in [-0.2, 0) is 14.8 Å². The maximum atomic E-state index is 12.5. The SMILES string of the molecule is CCOc1ccc([C@H](C)NC(=O)CN(c2ccc(OCC)cc2)S(C)(=O)=O)cc1. The van der Waals surface area contributed by atoms with Crippen LogP contribution in [-0.4, -0.2) is 40.3 Å². The van der Waals surface area contributed by atoms with E-state index in [0.29, 0.717) is 24.7 Å². The maximum Gasteiger partial charge on any atom is 0.241 e. The Morgan fingerprint density at radius 2 is 1.45 bits per heavy atom. The van der Waals surface area contributed by atoms with Gasteiger partial charge in [0, 0.05) is 0 Å². The molecular weight excluding hydrogens is 392 g/mol. The van der Waals surface area contributed by atoms with E-state index >= 15 is 0 Å². The van der Waals surface area contributed by atoms with Crippen molar-refractivity contribution < 1.29 is 22.7 Å². The van der Waals surface area contributed by atoms with E-state index in [0.717, 1.165) is 21.9 Å². The summed E-state index contributed by atoms with van der Waals surface area (Å²) < 4.78 is 36.3. The fraction of sp³-hybridized carbons (Fsp3) is 0.381. The van der Waals surface area contributed by atoms with Gasteiger partial charge in [0.2, 0.25) is 15.9 Å². The van der Waals surface area contributed by atoms with Crippen molar-refractivity contribution in [3.05, 3.63) is 54.1 Å². The average Bonchev–Trinajstić information content (AvgIpc) is 2.67. The third-order valence-electron chi connectivity index (χ3n) is 4.19. The average molecular weight is 421 g/mol. The molecule has 0 heterocycles. The highest BCUT2D eigenvalue weighted by Crippen LogP contribution is 2.22. The number of hydrogen-bond donors (Lipinski definition) is 1. The summed E-state index contributed by atoms with van der Waals surface area (Å²) in [4.78, 5) is 12.5. The van der Waals surface area contributed by atoms with Crippen LogP contribution in [0.5, 0.6) is 11.5 Å². The zero-order chi connectivity index (χ0) is 21.4. The summed E-state index contributed by atoms with van der Waals surface area (Å²) in [6.45, 7) is 6.41. The molecule has 0 aliphatic carbocycles. The normalized spacial score (nSPS) is 12.1. The van der Waals surface area contributed by atoms with E-state index in [-0.39, 0.29) is 12.6 Å². The zero-order valence-electron chi connectivity index (χ0n) is 17.2. The molecule has 29 heavy (non-hydrogen) atoms. The number of carbonyl (C=O) groups is 1. The Labute approximate surface area is 172 Å². The molecular formula is C21H28N2O5S. The fourth-order valence-electron chi connectivity index (χ4n) is 2.80. The van der Waals surface area contributed by atoms with Gasteiger partial charge in [0.25, 0.3) is 0 Å². The van der Waals surface area contributed by atoms with Crippen molar-refractivity contribution >= 4 is 21.6 Å². The number of amides is 1. The minimum Gasteiger partial charge on any atom is -0.494 e. The monoisotopic (exact) mass is 420 g/mol. The molecule has 0 unspecified atom stereocenters. The summed E-state index contributed by atoms with van der Waals surface area (Å²) in [5.74, 6) is 0.998. The van der Waals surface area contributed by atoms with E-state index < -0.39 is 15.9 Å². The summed E-state index contributed by atoms with van der Waals surface area (Å²) in [6, 6.07) is 13.7. The van der Waals surface area contributed by atoms with Crippen molar-refractivity contribution in [2.24, 2.45) is 0 Å². The topological polar surface area (TPSA) is 84.9 Å². The molecule has 0 saturated heterocycles. The van der Waals surface area contributed by atoms with Gasteiger partial charge in [0.1, 0.15) is 18.0 Å². The number of rotatable bonds is 10. The molecule has 0 spiro atoms. The lowest BCUT2D eigenvalue weighted by molar-refractivity contribution is -0.120. The van der Waals surface area contributed by atoms with Gasteiger partial charge in [-0.2, -0.15) is 0 Å². The van der Waals surface area contributed by atoms with Crippen LogP contribution in [0.3, 0.4) is 0 Å². The summed E-state index contributed by atoms with van der Waals surface area (Å²) in [6.07, 6.45) is 1.08. The Bertz CT molecular complexity index is 896.